The van der Waals surface area contributed by atoms with Crippen molar-refractivity contribution in [3.8, 4) is 0 Å². The molecular weight excluding hydrogens is 168 g/mol. The minimum atomic E-state index is -0.838. The van der Waals surface area contributed by atoms with Gasteiger partial charge in [-0.3, -0.25) is 0 Å². The zero-order valence-corrected chi connectivity index (χ0v) is 8.76. The largest absolute Gasteiger partial charge is 0.479 e. The Morgan fingerprint density at radius 2 is 1.92 bits per heavy atom. The zero-order valence-electron chi connectivity index (χ0n) is 8.76. The summed E-state index contributed by atoms with van der Waals surface area (Å²) in [4.78, 5) is 10.9. The summed E-state index contributed by atoms with van der Waals surface area (Å²) in [5.41, 5.74) is -0.139. The van der Waals surface area contributed by atoms with Crippen LogP contribution in [-0.4, -0.2) is 24.3 Å². The maximum Gasteiger partial charge on any atom is 0.333 e. The van der Waals surface area contributed by atoms with E-state index in [1.54, 1.807) is 0 Å². The molecule has 1 fully saturated rings. The van der Waals surface area contributed by atoms with Crippen molar-refractivity contribution >= 4 is 5.97 Å². The molecule has 1 saturated carbocycles. The van der Waals surface area contributed by atoms with E-state index in [-0.39, 0.29) is 10.8 Å². The smallest absolute Gasteiger partial charge is 0.333 e. The molecule has 1 atom stereocenters. The molecule has 0 radical (unpaired) electrons. The third-order valence-electron chi connectivity index (χ3n) is 3.24. The van der Waals surface area contributed by atoms with E-state index in [0.29, 0.717) is 0 Å². The predicted octanol–water partition coefficient (Wildman–Crippen LogP) is 1.91. The third kappa shape index (κ3) is 1.57. The summed E-state index contributed by atoms with van der Waals surface area (Å²) in [7, 11) is 1.48. The molecule has 76 valence electrons. The van der Waals surface area contributed by atoms with Crippen molar-refractivity contribution in [3.05, 3.63) is 0 Å². The highest BCUT2D eigenvalue weighted by atomic mass is 16.5. The molecule has 1 N–H and O–H groups in total. The molecule has 1 unspecified atom stereocenters. The molecule has 3 nitrogen and oxygen atoms in total. The van der Waals surface area contributed by atoms with Crippen LogP contribution in [0.4, 0.5) is 0 Å². The van der Waals surface area contributed by atoms with Gasteiger partial charge in [0.2, 0.25) is 0 Å². The van der Waals surface area contributed by atoms with Crippen LogP contribution < -0.4 is 0 Å². The first-order valence-electron chi connectivity index (χ1n) is 4.61. The maximum atomic E-state index is 10.9. The molecule has 0 aromatic rings. The van der Waals surface area contributed by atoms with Gasteiger partial charge in [-0.25, -0.2) is 4.79 Å². The highest BCUT2D eigenvalue weighted by Gasteiger charge is 2.60. The molecule has 1 aliphatic carbocycles. The van der Waals surface area contributed by atoms with Crippen molar-refractivity contribution in [1.29, 1.82) is 0 Å². The van der Waals surface area contributed by atoms with Gasteiger partial charge in [0, 0.05) is 12.5 Å². The van der Waals surface area contributed by atoms with E-state index in [2.05, 4.69) is 20.8 Å². The maximum absolute atomic E-state index is 10.9. The second kappa shape index (κ2) is 2.98. The van der Waals surface area contributed by atoms with Gasteiger partial charge in [0.1, 0.15) is 0 Å². The molecule has 0 heterocycles. The lowest BCUT2D eigenvalue weighted by Crippen LogP contribution is -2.40. The Labute approximate surface area is 79.1 Å². The number of carboxylic acids is 1. The number of methoxy groups -OCH3 is 1. The van der Waals surface area contributed by atoms with Crippen molar-refractivity contribution in [1.82, 2.24) is 0 Å². The fraction of sp³-hybridized carbons (Fsp3) is 0.900. The van der Waals surface area contributed by atoms with Crippen molar-refractivity contribution in [2.75, 3.05) is 7.11 Å². The first-order valence-corrected chi connectivity index (χ1v) is 4.61. The average molecular weight is 186 g/mol. The Hall–Kier alpha value is -0.570. The zero-order chi connectivity index (χ0) is 10.3. The fourth-order valence-corrected chi connectivity index (χ4v) is 2.10. The van der Waals surface area contributed by atoms with Gasteiger partial charge < -0.3 is 9.84 Å². The Kier molecular flexibility index (Phi) is 2.41. The van der Waals surface area contributed by atoms with Gasteiger partial charge in [0.05, 0.1) is 0 Å². The monoisotopic (exact) mass is 186 g/mol. The van der Waals surface area contributed by atoms with Gasteiger partial charge >= 0.3 is 5.97 Å². The van der Waals surface area contributed by atoms with Gasteiger partial charge in [-0.05, 0) is 18.3 Å². The first kappa shape index (κ1) is 10.5. The van der Waals surface area contributed by atoms with Crippen LogP contribution in [0.5, 0.6) is 0 Å². The van der Waals surface area contributed by atoms with Crippen molar-refractivity contribution < 1.29 is 14.6 Å². The summed E-state index contributed by atoms with van der Waals surface area (Å²) in [6.07, 6.45) is 1.27. The fourth-order valence-electron chi connectivity index (χ4n) is 2.10. The molecule has 1 aliphatic rings. The second-order valence-electron chi connectivity index (χ2n) is 4.86. The van der Waals surface area contributed by atoms with Gasteiger partial charge in [-0.1, -0.05) is 20.8 Å². The highest BCUT2D eigenvalue weighted by Crippen LogP contribution is 2.61. The topological polar surface area (TPSA) is 46.5 Å². The van der Waals surface area contributed by atoms with E-state index >= 15 is 0 Å². The van der Waals surface area contributed by atoms with Crippen LogP contribution in [0.3, 0.4) is 0 Å². The van der Waals surface area contributed by atoms with Gasteiger partial charge in [-0.2, -0.15) is 0 Å². The van der Waals surface area contributed by atoms with E-state index in [0.717, 1.165) is 12.8 Å². The average Bonchev–Trinajstić information content (AvgIpc) is 2.67. The summed E-state index contributed by atoms with van der Waals surface area (Å²) in [6.45, 7) is 6.24. The summed E-state index contributed by atoms with van der Waals surface area (Å²) < 4.78 is 5.07. The number of carbonyl (C=O) groups is 1. The normalized spacial score (nSPS) is 22.5. The summed E-state index contributed by atoms with van der Waals surface area (Å²) in [5.74, 6) is -0.838. The molecule has 0 amide bonds. The Morgan fingerprint density at radius 3 is 2.00 bits per heavy atom. The molecule has 0 aromatic heterocycles. The van der Waals surface area contributed by atoms with Crippen molar-refractivity contribution in [2.24, 2.45) is 10.8 Å². The number of hydrogen-bond donors (Lipinski definition) is 1. The van der Waals surface area contributed by atoms with E-state index in [9.17, 15) is 4.79 Å². The van der Waals surface area contributed by atoms with E-state index in [1.165, 1.54) is 7.11 Å². The van der Waals surface area contributed by atoms with Crippen LogP contribution in [0, 0.1) is 10.8 Å². The second-order valence-corrected chi connectivity index (χ2v) is 4.86. The van der Waals surface area contributed by atoms with Crippen LogP contribution in [0.15, 0.2) is 0 Å². The number of hydrogen-bond acceptors (Lipinski definition) is 2. The molecule has 0 aromatic carbocycles. The van der Waals surface area contributed by atoms with Gasteiger partial charge in [0.25, 0.3) is 0 Å². The minimum Gasteiger partial charge on any atom is -0.479 e. The third-order valence-corrected chi connectivity index (χ3v) is 3.24. The molecule has 0 spiro atoms. The van der Waals surface area contributed by atoms with E-state index < -0.39 is 12.1 Å². The Morgan fingerprint density at radius 1 is 1.46 bits per heavy atom. The number of ether oxygens (including phenoxy) is 1. The predicted molar refractivity (Wildman–Crippen MR) is 49.6 cm³/mol. The molecule has 0 bridgehead atoms. The van der Waals surface area contributed by atoms with Crippen molar-refractivity contribution in [2.45, 2.75) is 39.7 Å². The number of aliphatic carboxylic acids is 1. The standard InChI is InChI=1S/C10H18O3/c1-9(2,3)10(5-6-10)7(13-4)8(11)12/h7H,5-6H2,1-4H3,(H,11,12). The lowest BCUT2D eigenvalue weighted by molar-refractivity contribution is -0.157. The van der Waals surface area contributed by atoms with Gasteiger partial charge in [-0.15, -0.1) is 0 Å². The van der Waals surface area contributed by atoms with Crippen molar-refractivity contribution in [3.63, 3.8) is 0 Å². The molecular formula is C10H18O3. The van der Waals surface area contributed by atoms with Crippen LogP contribution in [0.1, 0.15) is 33.6 Å². The highest BCUT2D eigenvalue weighted by molar-refractivity contribution is 5.74. The minimum absolute atomic E-state index is 0.00602. The molecule has 0 aliphatic heterocycles. The molecule has 3 heteroatoms. The lowest BCUT2D eigenvalue weighted by Gasteiger charge is -2.34. The number of carboxylic acid groups (broad SMARTS) is 1. The van der Waals surface area contributed by atoms with Crippen LogP contribution in [0.2, 0.25) is 0 Å². The SMILES string of the molecule is COC(C(=O)O)C1(C(C)(C)C)CC1. The Bertz CT molecular complexity index is 211. The van der Waals surface area contributed by atoms with Crippen LogP contribution in [-0.2, 0) is 9.53 Å². The molecule has 13 heavy (non-hydrogen) atoms. The summed E-state index contributed by atoms with van der Waals surface area (Å²) >= 11 is 0. The van der Waals surface area contributed by atoms with Crippen LogP contribution in [0.25, 0.3) is 0 Å². The molecule has 1 rings (SSSR count). The van der Waals surface area contributed by atoms with Crippen LogP contribution >= 0.6 is 0 Å². The molecule has 0 saturated heterocycles. The number of rotatable bonds is 3. The Balaban J connectivity index is 2.85. The van der Waals surface area contributed by atoms with E-state index in [4.69, 9.17) is 9.84 Å². The summed E-state index contributed by atoms with van der Waals surface area (Å²) in [6, 6.07) is 0. The lowest BCUT2D eigenvalue weighted by atomic mass is 9.74. The van der Waals surface area contributed by atoms with E-state index in [1.807, 2.05) is 0 Å². The quantitative estimate of drug-likeness (QED) is 0.732. The first-order chi connectivity index (χ1) is 5.85. The summed E-state index contributed by atoms with van der Waals surface area (Å²) in [5, 5.41) is 8.99. The van der Waals surface area contributed by atoms with Gasteiger partial charge in [0.15, 0.2) is 6.10 Å².